The number of carbonyl (C=O) groups is 2. The highest BCUT2D eigenvalue weighted by Gasteiger charge is 2.32. The molecule has 0 unspecified atom stereocenters. The van der Waals surface area contributed by atoms with Gasteiger partial charge in [-0.3, -0.25) is 14.0 Å². The van der Waals surface area contributed by atoms with E-state index in [4.69, 9.17) is 0 Å². The topological polar surface area (TPSA) is 105 Å². The Balaban J connectivity index is 1.31. The van der Waals surface area contributed by atoms with Gasteiger partial charge in [-0.1, -0.05) is 30.3 Å². The van der Waals surface area contributed by atoms with Crippen LogP contribution in [0.2, 0.25) is 0 Å². The van der Waals surface area contributed by atoms with Crippen LogP contribution in [-0.4, -0.2) is 45.2 Å². The summed E-state index contributed by atoms with van der Waals surface area (Å²) in [7, 11) is 0. The quantitative estimate of drug-likeness (QED) is 0.304. The Morgan fingerprint density at radius 2 is 1.90 bits per heavy atom. The molecule has 5 rings (SSSR count). The largest absolute Gasteiger partial charge is 0.411 e. The van der Waals surface area contributed by atoms with E-state index in [1.165, 1.54) is 41.1 Å². The maximum Gasteiger partial charge on any atom is 0.411 e. The number of alkyl halides is 3. The molecule has 1 aliphatic carbocycles. The molecule has 0 fully saturated rings. The Morgan fingerprint density at radius 3 is 2.69 bits per heavy atom. The monoisotopic (exact) mass is 542 g/mol. The maximum atomic E-state index is 14.6. The number of rotatable bonds is 7. The van der Waals surface area contributed by atoms with Gasteiger partial charge in [0.05, 0.1) is 30.6 Å². The van der Waals surface area contributed by atoms with Gasteiger partial charge < -0.3 is 20.5 Å². The van der Waals surface area contributed by atoms with Crippen molar-refractivity contribution >= 4 is 23.1 Å². The van der Waals surface area contributed by atoms with Crippen LogP contribution in [-0.2, 0) is 17.8 Å². The van der Waals surface area contributed by atoms with Crippen LogP contribution in [0, 0.1) is 5.82 Å². The first-order valence-corrected chi connectivity index (χ1v) is 11.9. The lowest BCUT2D eigenvalue weighted by Crippen LogP contribution is -2.34. The molecule has 4 aromatic rings. The van der Waals surface area contributed by atoms with E-state index in [2.05, 4.69) is 20.4 Å². The third-order valence-corrected chi connectivity index (χ3v) is 6.30. The first kappa shape index (κ1) is 26.3. The number of hydrogen-bond acceptors (Lipinski definition) is 5. The van der Waals surface area contributed by atoms with Gasteiger partial charge in [0, 0.05) is 18.2 Å². The summed E-state index contributed by atoms with van der Waals surface area (Å²) < 4.78 is 57.7. The number of aliphatic hydroxyl groups is 1. The fraction of sp³-hybridized carbons (Fsp3) is 0.222. The van der Waals surface area contributed by atoms with Crippen LogP contribution in [0.4, 0.5) is 23.2 Å². The van der Waals surface area contributed by atoms with Crippen LogP contribution < -0.4 is 10.6 Å². The van der Waals surface area contributed by atoms with Crippen LogP contribution >= 0.6 is 0 Å². The predicted octanol–water partition coefficient (Wildman–Crippen LogP) is 4.19. The average molecular weight is 542 g/mol. The minimum atomic E-state index is -4.47. The molecule has 1 aliphatic rings. The van der Waals surface area contributed by atoms with Crippen molar-refractivity contribution in [2.75, 3.05) is 11.9 Å². The molecule has 2 aromatic heterocycles. The lowest BCUT2D eigenvalue weighted by Gasteiger charge is -2.18. The highest BCUT2D eigenvalue weighted by molar-refractivity contribution is 6.04. The van der Waals surface area contributed by atoms with Gasteiger partial charge in [0.15, 0.2) is 0 Å². The third kappa shape index (κ3) is 5.76. The summed E-state index contributed by atoms with van der Waals surface area (Å²) in [5.74, 6) is -2.11. The Hall–Kier alpha value is -4.29. The molecular formula is C27H22F4N4O4. The second kappa shape index (κ2) is 10.5. The van der Waals surface area contributed by atoms with E-state index < -0.39 is 42.6 Å². The van der Waals surface area contributed by atoms with Crippen molar-refractivity contribution < 1.29 is 37.0 Å². The van der Waals surface area contributed by atoms with Crippen LogP contribution in [0.3, 0.4) is 0 Å². The van der Waals surface area contributed by atoms with Crippen molar-refractivity contribution in [3.63, 3.8) is 0 Å². The zero-order chi connectivity index (χ0) is 27.7. The number of pyridine rings is 1. The molecular weight excluding hydrogens is 520 g/mol. The van der Waals surface area contributed by atoms with E-state index in [0.29, 0.717) is 17.6 Å². The zero-order valence-corrected chi connectivity index (χ0v) is 20.2. The zero-order valence-electron chi connectivity index (χ0n) is 20.2. The number of anilines is 1. The van der Waals surface area contributed by atoms with Gasteiger partial charge in [-0.15, -0.1) is 0 Å². The molecule has 0 spiro atoms. The van der Waals surface area contributed by atoms with Crippen molar-refractivity contribution in [3.05, 3.63) is 101 Å². The summed E-state index contributed by atoms with van der Waals surface area (Å²) in [5, 5.41) is 15.6. The second-order valence-electron chi connectivity index (χ2n) is 9.09. The van der Waals surface area contributed by atoms with E-state index in [1.807, 2.05) is 18.2 Å². The number of fused-ring (bicyclic) bond motifs is 2. The molecule has 2 atom stereocenters. The third-order valence-electron chi connectivity index (χ3n) is 6.30. The first-order valence-electron chi connectivity index (χ1n) is 11.9. The molecule has 202 valence electrons. The lowest BCUT2D eigenvalue weighted by molar-refractivity contribution is -0.176. The smallest absolute Gasteiger partial charge is 0.390 e. The number of amides is 2. The second-order valence-corrected chi connectivity index (χ2v) is 9.09. The van der Waals surface area contributed by atoms with Crippen LogP contribution in [0.5, 0.6) is 0 Å². The normalized spacial score (nSPS) is 16.7. The van der Waals surface area contributed by atoms with E-state index in [9.17, 15) is 32.3 Å². The van der Waals surface area contributed by atoms with Gasteiger partial charge in [0.25, 0.3) is 11.8 Å². The molecule has 0 saturated carbocycles. The SMILES string of the molecule is O=C(N[C@@H]1c2ccccc2C[C@@H]1O)c1ccc(F)c(NC(=O)c2cnc3ccc(COCC(F)(F)F)cn23)c1. The fourth-order valence-corrected chi connectivity index (χ4v) is 4.48. The summed E-state index contributed by atoms with van der Waals surface area (Å²) >= 11 is 0. The number of aromatic nitrogens is 2. The van der Waals surface area contributed by atoms with Gasteiger partial charge in [-0.25, -0.2) is 9.37 Å². The number of carbonyl (C=O) groups excluding carboxylic acids is 2. The summed E-state index contributed by atoms with van der Waals surface area (Å²) in [4.78, 5) is 30.0. The molecule has 8 nitrogen and oxygen atoms in total. The van der Waals surface area contributed by atoms with Crippen LogP contribution in [0.15, 0.2) is 67.0 Å². The molecule has 0 aliphatic heterocycles. The Labute approximate surface area is 219 Å². The average Bonchev–Trinajstić information content (AvgIpc) is 3.45. The Kier molecular flexibility index (Phi) is 7.06. The van der Waals surface area contributed by atoms with Crippen molar-refractivity contribution in [1.82, 2.24) is 14.7 Å². The maximum absolute atomic E-state index is 14.6. The molecule has 0 radical (unpaired) electrons. The summed E-state index contributed by atoms with van der Waals surface area (Å²) in [6, 6.07) is 13.2. The number of imidazole rings is 1. The molecule has 39 heavy (non-hydrogen) atoms. The fourth-order valence-electron chi connectivity index (χ4n) is 4.48. The number of hydrogen-bond donors (Lipinski definition) is 3. The van der Waals surface area contributed by atoms with E-state index in [0.717, 1.165) is 17.2 Å². The number of nitrogens with zero attached hydrogens (tertiary/aromatic N) is 2. The van der Waals surface area contributed by atoms with E-state index >= 15 is 0 Å². The molecule has 2 heterocycles. The van der Waals surface area contributed by atoms with Gasteiger partial charge >= 0.3 is 6.18 Å². The Bertz CT molecular complexity index is 1550. The summed E-state index contributed by atoms with van der Waals surface area (Å²) in [6.07, 6.45) is -2.26. The highest BCUT2D eigenvalue weighted by atomic mass is 19.4. The number of benzene rings is 2. The predicted molar refractivity (Wildman–Crippen MR) is 132 cm³/mol. The Morgan fingerprint density at radius 1 is 1.10 bits per heavy atom. The summed E-state index contributed by atoms with van der Waals surface area (Å²) in [6.45, 7) is -1.77. The number of ether oxygens (including phenoxy) is 1. The van der Waals surface area contributed by atoms with E-state index in [1.54, 1.807) is 6.07 Å². The molecule has 12 heteroatoms. The molecule has 2 amide bonds. The van der Waals surface area contributed by atoms with Crippen molar-refractivity contribution in [2.24, 2.45) is 0 Å². The van der Waals surface area contributed by atoms with Crippen LogP contribution in [0.1, 0.15) is 43.6 Å². The number of halogens is 4. The van der Waals surface area contributed by atoms with Crippen molar-refractivity contribution in [2.45, 2.75) is 31.3 Å². The first-order chi connectivity index (χ1) is 18.6. The molecule has 2 aromatic carbocycles. The van der Waals surface area contributed by atoms with Crippen molar-refractivity contribution in [1.29, 1.82) is 0 Å². The lowest BCUT2D eigenvalue weighted by atomic mass is 10.1. The highest BCUT2D eigenvalue weighted by Crippen LogP contribution is 2.31. The molecule has 0 bridgehead atoms. The van der Waals surface area contributed by atoms with Crippen molar-refractivity contribution in [3.8, 4) is 0 Å². The minimum Gasteiger partial charge on any atom is -0.390 e. The van der Waals surface area contributed by atoms with Gasteiger partial charge in [0.2, 0.25) is 0 Å². The molecule has 3 N–H and O–H groups in total. The number of nitrogens with one attached hydrogen (secondary N) is 2. The summed E-state index contributed by atoms with van der Waals surface area (Å²) in [5.41, 5.74) is 2.20. The standard InChI is InChI=1S/C27H22F4N4O4/c28-19-7-6-17(25(37)34-24-18-4-2-1-3-16(18)10-22(24)36)9-20(19)33-26(38)21-11-32-23-8-5-15(12-35(21)23)13-39-14-27(29,30)31/h1-9,11-12,22,24,36H,10,13-14H2,(H,33,38)(H,34,37)/t22-,24+/m0/s1. The number of aliphatic hydroxyl groups excluding tert-OH is 1. The van der Waals surface area contributed by atoms with Gasteiger partial charge in [-0.2, -0.15) is 13.2 Å². The van der Waals surface area contributed by atoms with Gasteiger partial charge in [0.1, 0.15) is 23.8 Å². The van der Waals surface area contributed by atoms with Crippen LogP contribution in [0.25, 0.3) is 5.65 Å². The van der Waals surface area contributed by atoms with E-state index in [-0.39, 0.29) is 23.6 Å². The minimum absolute atomic E-state index is 0.0115. The van der Waals surface area contributed by atoms with Gasteiger partial charge in [-0.05, 0) is 41.0 Å². The molecule has 0 saturated heterocycles.